The molecule has 0 bridgehead atoms. The van der Waals surface area contributed by atoms with Crippen LogP contribution in [-0.4, -0.2) is 25.2 Å². The van der Waals surface area contributed by atoms with E-state index >= 15 is 0 Å². The van der Waals surface area contributed by atoms with E-state index in [9.17, 15) is 10.1 Å². The average Bonchev–Trinajstić information content (AvgIpc) is 2.60. The van der Waals surface area contributed by atoms with Gasteiger partial charge < -0.3 is 14.8 Å². The zero-order chi connectivity index (χ0) is 18.4. The zero-order valence-electron chi connectivity index (χ0n) is 15.6. The Kier molecular flexibility index (Phi) is 6.44. The summed E-state index contributed by atoms with van der Waals surface area (Å²) in [5.41, 5.74) is 0.229. The highest BCUT2D eigenvalue weighted by Gasteiger charge is 2.42. The number of carbonyl (C=O) groups is 1. The number of carbonyl (C=O) groups excluding carboxylic acids is 1. The first kappa shape index (κ1) is 19.3. The lowest BCUT2D eigenvalue weighted by Crippen LogP contribution is -2.47. The summed E-state index contributed by atoms with van der Waals surface area (Å²) in [5, 5.41) is 12.3. The van der Waals surface area contributed by atoms with E-state index in [1.165, 1.54) is 0 Å². The second-order valence-electron chi connectivity index (χ2n) is 7.38. The van der Waals surface area contributed by atoms with Crippen molar-refractivity contribution in [2.24, 2.45) is 11.8 Å². The monoisotopic (exact) mass is 344 g/mol. The molecular formula is C20H28N2O3. The summed E-state index contributed by atoms with van der Waals surface area (Å²) >= 11 is 0. The number of ether oxygens (including phenoxy) is 2. The third kappa shape index (κ3) is 4.73. The van der Waals surface area contributed by atoms with Crippen LogP contribution in [0.15, 0.2) is 18.2 Å². The molecule has 0 aromatic heterocycles. The molecule has 0 radical (unpaired) electrons. The minimum atomic E-state index is -0.780. The van der Waals surface area contributed by atoms with Gasteiger partial charge >= 0.3 is 0 Å². The Hall–Kier alpha value is -2.06. The molecule has 136 valence electrons. The van der Waals surface area contributed by atoms with Crippen molar-refractivity contribution in [1.82, 2.24) is 0 Å². The summed E-state index contributed by atoms with van der Waals surface area (Å²) in [6, 6.07) is 7.29. The summed E-state index contributed by atoms with van der Waals surface area (Å²) in [7, 11) is 1.60. The maximum absolute atomic E-state index is 12.8. The SMILES string of the molecule is CO[C@@]1(C(=O)Nc2ccc(OCC(C)C)c(C#N)c2)CCC[C@@H](C)C1. The standard InChI is InChI=1S/C20H28N2O3/c1-14(2)13-25-18-8-7-17(10-16(18)12-21)22-19(23)20(24-4)9-5-6-15(3)11-20/h7-8,10,14-15H,5-6,9,11,13H2,1-4H3,(H,22,23)/t15-,20+/m1/s1. The first-order valence-electron chi connectivity index (χ1n) is 8.93. The van der Waals surface area contributed by atoms with Gasteiger partial charge in [0.2, 0.25) is 0 Å². The van der Waals surface area contributed by atoms with Crippen LogP contribution in [0.1, 0.15) is 52.0 Å². The molecule has 1 aliphatic rings. The highest BCUT2D eigenvalue weighted by atomic mass is 16.5. The second kappa shape index (κ2) is 8.35. The van der Waals surface area contributed by atoms with Crippen molar-refractivity contribution in [3.63, 3.8) is 0 Å². The van der Waals surface area contributed by atoms with Crippen molar-refractivity contribution in [3.05, 3.63) is 23.8 Å². The molecule has 25 heavy (non-hydrogen) atoms. The van der Waals surface area contributed by atoms with Crippen LogP contribution in [0.25, 0.3) is 0 Å². The Morgan fingerprint density at radius 2 is 2.24 bits per heavy atom. The van der Waals surface area contributed by atoms with Gasteiger partial charge in [0.25, 0.3) is 5.91 Å². The van der Waals surface area contributed by atoms with Crippen LogP contribution in [0.4, 0.5) is 5.69 Å². The number of hydrogen-bond donors (Lipinski definition) is 1. The molecule has 2 atom stereocenters. The fourth-order valence-corrected chi connectivity index (χ4v) is 3.31. The number of hydrogen-bond acceptors (Lipinski definition) is 4. The van der Waals surface area contributed by atoms with Crippen molar-refractivity contribution < 1.29 is 14.3 Å². The van der Waals surface area contributed by atoms with Gasteiger partial charge in [-0.15, -0.1) is 0 Å². The minimum Gasteiger partial charge on any atom is -0.492 e. The van der Waals surface area contributed by atoms with Crippen molar-refractivity contribution in [1.29, 1.82) is 5.26 Å². The Morgan fingerprint density at radius 3 is 2.84 bits per heavy atom. The van der Waals surface area contributed by atoms with Gasteiger partial charge in [-0.3, -0.25) is 4.79 Å². The van der Waals surface area contributed by atoms with Crippen LogP contribution < -0.4 is 10.1 Å². The summed E-state index contributed by atoms with van der Waals surface area (Å²) in [6.45, 7) is 6.80. The lowest BCUT2D eigenvalue weighted by molar-refractivity contribution is -0.143. The Balaban J connectivity index is 2.13. The number of nitrogens with zero attached hydrogens (tertiary/aromatic N) is 1. The average molecular weight is 344 g/mol. The van der Waals surface area contributed by atoms with Crippen LogP contribution in [0, 0.1) is 23.2 Å². The first-order chi connectivity index (χ1) is 11.9. The van der Waals surface area contributed by atoms with Crippen LogP contribution in [0.3, 0.4) is 0 Å². The van der Waals surface area contributed by atoms with Crippen LogP contribution in [-0.2, 0) is 9.53 Å². The van der Waals surface area contributed by atoms with Crippen LogP contribution in [0.2, 0.25) is 0 Å². The molecule has 0 spiro atoms. The van der Waals surface area contributed by atoms with E-state index in [0.717, 1.165) is 25.7 Å². The molecule has 0 saturated heterocycles. The lowest BCUT2D eigenvalue weighted by atomic mass is 9.78. The highest BCUT2D eigenvalue weighted by Crippen LogP contribution is 2.36. The van der Waals surface area contributed by atoms with E-state index in [1.54, 1.807) is 25.3 Å². The third-order valence-electron chi connectivity index (χ3n) is 4.69. The van der Waals surface area contributed by atoms with Gasteiger partial charge in [-0.05, 0) is 49.3 Å². The molecule has 1 saturated carbocycles. The summed E-state index contributed by atoms with van der Waals surface area (Å²) < 4.78 is 11.3. The molecule has 0 heterocycles. The quantitative estimate of drug-likeness (QED) is 0.842. The fraction of sp³-hybridized carbons (Fsp3) is 0.600. The number of amides is 1. The van der Waals surface area contributed by atoms with E-state index in [-0.39, 0.29) is 5.91 Å². The molecule has 1 aliphatic carbocycles. The molecular weight excluding hydrogens is 316 g/mol. The maximum atomic E-state index is 12.8. The van der Waals surface area contributed by atoms with E-state index in [2.05, 4.69) is 32.2 Å². The van der Waals surface area contributed by atoms with Crippen molar-refractivity contribution in [2.75, 3.05) is 19.0 Å². The normalized spacial score (nSPS) is 23.1. The number of methoxy groups -OCH3 is 1. The molecule has 5 heteroatoms. The van der Waals surface area contributed by atoms with E-state index in [0.29, 0.717) is 35.4 Å². The van der Waals surface area contributed by atoms with E-state index in [1.807, 2.05) is 0 Å². The van der Waals surface area contributed by atoms with Gasteiger partial charge in [0.05, 0.1) is 12.2 Å². The molecule has 1 amide bonds. The first-order valence-corrected chi connectivity index (χ1v) is 8.93. The van der Waals surface area contributed by atoms with Gasteiger partial charge in [0.15, 0.2) is 0 Å². The molecule has 2 rings (SSSR count). The number of nitriles is 1. The number of nitrogens with one attached hydrogen (secondary N) is 1. The second-order valence-corrected chi connectivity index (χ2v) is 7.38. The summed E-state index contributed by atoms with van der Waals surface area (Å²) in [5.74, 6) is 1.24. The molecule has 1 fully saturated rings. The van der Waals surface area contributed by atoms with Gasteiger partial charge in [-0.1, -0.05) is 27.2 Å². The number of rotatable bonds is 6. The van der Waals surface area contributed by atoms with Crippen molar-refractivity contribution >= 4 is 11.6 Å². The molecule has 0 aliphatic heterocycles. The predicted octanol–water partition coefficient (Wildman–Crippen LogP) is 4.13. The molecule has 1 N–H and O–H groups in total. The Morgan fingerprint density at radius 1 is 1.48 bits per heavy atom. The smallest absolute Gasteiger partial charge is 0.256 e. The maximum Gasteiger partial charge on any atom is 0.256 e. The van der Waals surface area contributed by atoms with Crippen molar-refractivity contribution in [2.45, 2.75) is 52.1 Å². The van der Waals surface area contributed by atoms with Crippen LogP contribution in [0.5, 0.6) is 5.75 Å². The highest BCUT2D eigenvalue weighted by molar-refractivity contribution is 5.97. The Labute approximate surface area is 150 Å². The zero-order valence-corrected chi connectivity index (χ0v) is 15.6. The largest absolute Gasteiger partial charge is 0.492 e. The van der Waals surface area contributed by atoms with E-state index < -0.39 is 5.60 Å². The predicted molar refractivity (Wildman–Crippen MR) is 97.5 cm³/mol. The van der Waals surface area contributed by atoms with E-state index in [4.69, 9.17) is 9.47 Å². The van der Waals surface area contributed by atoms with Gasteiger partial charge in [0, 0.05) is 12.8 Å². The lowest BCUT2D eigenvalue weighted by Gasteiger charge is -2.37. The topological polar surface area (TPSA) is 71.3 Å². The van der Waals surface area contributed by atoms with Gasteiger partial charge in [-0.25, -0.2) is 0 Å². The number of benzene rings is 1. The molecule has 1 aromatic rings. The molecule has 0 unspecified atom stereocenters. The Bertz CT molecular complexity index is 651. The number of anilines is 1. The summed E-state index contributed by atoms with van der Waals surface area (Å²) in [4.78, 5) is 12.8. The van der Waals surface area contributed by atoms with Gasteiger partial charge in [0.1, 0.15) is 17.4 Å². The van der Waals surface area contributed by atoms with Gasteiger partial charge in [-0.2, -0.15) is 5.26 Å². The summed E-state index contributed by atoms with van der Waals surface area (Å²) in [6.07, 6.45) is 3.54. The molecule has 1 aromatic carbocycles. The minimum absolute atomic E-state index is 0.138. The van der Waals surface area contributed by atoms with Crippen LogP contribution >= 0.6 is 0 Å². The third-order valence-corrected chi connectivity index (χ3v) is 4.69. The molecule has 5 nitrogen and oxygen atoms in total. The van der Waals surface area contributed by atoms with Crippen molar-refractivity contribution in [3.8, 4) is 11.8 Å². The fourth-order valence-electron chi connectivity index (χ4n) is 3.31.